The van der Waals surface area contributed by atoms with E-state index in [-0.39, 0.29) is 5.69 Å². The number of aromatic carboxylic acids is 1. The van der Waals surface area contributed by atoms with E-state index in [2.05, 4.69) is 40.3 Å². The number of nitrogens with zero attached hydrogens (tertiary/aromatic N) is 2. The number of nitrogens with one attached hydrogen (secondary N) is 1. The molecule has 0 spiro atoms. The fourth-order valence-corrected chi connectivity index (χ4v) is 3.18. The molecule has 3 rings (SSSR count). The molecular formula is C20H25N3O2. The number of pyridine rings is 1. The molecule has 0 atom stereocenters. The number of carbonyl (C=O) groups is 1. The van der Waals surface area contributed by atoms with E-state index in [1.807, 2.05) is 6.07 Å². The fraction of sp³-hybridized carbons (Fsp3) is 0.400. The van der Waals surface area contributed by atoms with Crippen LogP contribution in [0.3, 0.4) is 0 Å². The number of likely N-dealkylation sites (tertiary alicyclic amines) is 1. The van der Waals surface area contributed by atoms with Gasteiger partial charge in [-0.1, -0.05) is 37.3 Å². The summed E-state index contributed by atoms with van der Waals surface area (Å²) in [6, 6.07) is 13.4. The summed E-state index contributed by atoms with van der Waals surface area (Å²) in [6.45, 7) is 6.24. The van der Waals surface area contributed by atoms with E-state index in [0.29, 0.717) is 12.4 Å². The van der Waals surface area contributed by atoms with Crippen LogP contribution in [0.1, 0.15) is 41.4 Å². The van der Waals surface area contributed by atoms with Gasteiger partial charge in [-0.15, -0.1) is 0 Å². The molecular weight excluding hydrogens is 314 g/mol. The van der Waals surface area contributed by atoms with Crippen molar-refractivity contribution in [2.45, 2.75) is 32.9 Å². The molecule has 1 saturated heterocycles. The third-order valence-corrected chi connectivity index (χ3v) is 4.82. The molecule has 0 amide bonds. The van der Waals surface area contributed by atoms with Gasteiger partial charge < -0.3 is 10.4 Å². The van der Waals surface area contributed by atoms with E-state index in [9.17, 15) is 4.79 Å². The highest BCUT2D eigenvalue weighted by molar-refractivity contribution is 5.85. The summed E-state index contributed by atoms with van der Waals surface area (Å²) < 4.78 is 0. The molecule has 0 unspecified atom stereocenters. The van der Waals surface area contributed by atoms with Gasteiger partial charge >= 0.3 is 5.97 Å². The van der Waals surface area contributed by atoms with Gasteiger partial charge in [0.05, 0.1) is 0 Å². The summed E-state index contributed by atoms with van der Waals surface area (Å²) in [5, 5.41) is 12.3. The standard InChI is InChI=1S/C20H25N3O2/c1-15-9-11-23(12-10-15)14-17-6-3-2-5-16(17)13-21-19-8-4-7-18(22-19)20(24)25/h2-8,15H,9-14H2,1H3,(H,21,22)(H,24,25). The molecule has 25 heavy (non-hydrogen) atoms. The average molecular weight is 339 g/mol. The molecule has 0 saturated carbocycles. The van der Waals surface area contributed by atoms with E-state index in [4.69, 9.17) is 5.11 Å². The molecule has 1 aromatic heterocycles. The van der Waals surface area contributed by atoms with Gasteiger partial charge in [-0.25, -0.2) is 9.78 Å². The van der Waals surface area contributed by atoms with Crippen LogP contribution in [0.4, 0.5) is 5.82 Å². The average Bonchev–Trinajstić information content (AvgIpc) is 2.63. The smallest absolute Gasteiger partial charge is 0.354 e. The van der Waals surface area contributed by atoms with Crippen LogP contribution < -0.4 is 5.32 Å². The quantitative estimate of drug-likeness (QED) is 0.841. The molecule has 2 heterocycles. The maximum atomic E-state index is 11.0. The van der Waals surface area contributed by atoms with Crippen molar-refractivity contribution >= 4 is 11.8 Å². The maximum absolute atomic E-state index is 11.0. The van der Waals surface area contributed by atoms with Gasteiger partial charge in [-0.3, -0.25) is 4.90 Å². The van der Waals surface area contributed by atoms with Crippen LogP contribution in [-0.2, 0) is 13.1 Å². The predicted molar refractivity (Wildman–Crippen MR) is 98.6 cm³/mol. The molecule has 1 aliphatic rings. The van der Waals surface area contributed by atoms with Crippen molar-refractivity contribution < 1.29 is 9.90 Å². The van der Waals surface area contributed by atoms with Crippen LogP contribution in [0, 0.1) is 5.92 Å². The number of carboxylic acids is 1. The van der Waals surface area contributed by atoms with Gasteiger partial charge in [-0.2, -0.15) is 0 Å². The maximum Gasteiger partial charge on any atom is 0.354 e. The highest BCUT2D eigenvalue weighted by atomic mass is 16.4. The van der Waals surface area contributed by atoms with Crippen molar-refractivity contribution in [3.8, 4) is 0 Å². The third-order valence-electron chi connectivity index (χ3n) is 4.82. The van der Waals surface area contributed by atoms with Gasteiger partial charge in [0.25, 0.3) is 0 Å². The lowest BCUT2D eigenvalue weighted by Gasteiger charge is -2.30. The molecule has 2 aromatic rings. The largest absolute Gasteiger partial charge is 0.477 e. The Morgan fingerprint density at radius 3 is 2.60 bits per heavy atom. The Morgan fingerprint density at radius 1 is 1.16 bits per heavy atom. The summed E-state index contributed by atoms with van der Waals surface area (Å²) in [6.07, 6.45) is 2.54. The molecule has 0 radical (unpaired) electrons. The SMILES string of the molecule is CC1CCN(Cc2ccccc2CNc2cccc(C(=O)O)n2)CC1. The monoisotopic (exact) mass is 339 g/mol. The van der Waals surface area contributed by atoms with E-state index in [1.165, 1.54) is 30.0 Å². The van der Waals surface area contributed by atoms with Crippen molar-refractivity contribution in [2.24, 2.45) is 5.92 Å². The van der Waals surface area contributed by atoms with Crippen LogP contribution in [0.5, 0.6) is 0 Å². The van der Waals surface area contributed by atoms with Crippen LogP contribution in [0.25, 0.3) is 0 Å². The molecule has 132 valence electrons. The number of benzene rings is 1. The number of hydrogen-bond acceptors (Lipinski definition) is 4. The molecule has 2 N–H and O–H groups in total. The van der Waals surface area contributed by atoms with Gasteiger partial charge in [-0.05, 0) is 55.1 Å². The zero-order chi connectivity index (χ0) is 17.6. The zero-order valence-corrected chi connectivity index (χ0v) is 14.6. The Labute approximate surface area is 148 Å². The van der Waals surface area contributed by atoms with E-state index in [0.717, 1.165) is 25.6 Å². The minimum Gasteiger partial charge on any atom is -0.477 e. The number of hydrogen-bond donors (Lipinski definition) is 2. The van der Waals surface area contributed by atoms with E-state index in [1.54, 1.807) is 12.1 Å². The van der Waals surface area contributed by atoms with Crippen LogP contribution in [0.15, 0.2) is 42.5 Å². The lowest BCUT2D eigenvalue weighted by molar-refractivity contribution is 0.0690. The van der Waals surface area contributed by atoms with Crippen LogP contribution in [-0.4, -0.2) is 34.0 Å². The summed E-state index contributed by atoms with van der Waals surface area (Å²) >= 11 is 0. The zero-order valence-electron chi connectivity index (χ0n) is 14.6. The second-order valence-corrected chi connectivity index (χ2v) is 6.79. The molecule has 1 aliphatic heterocycles. The summed E-state index contributed by atoms with van der Waals surface area (Å²) in [5.41, 5.74) is 2.60. The molecule has 5 nitrogen and oxygen atoms in total. The Bertz CT molecular complexity index is 724. The topological polar surface area (TPSA) is 65.5 Å². The number of carboxylic acid groups (broad SMARTS) is 1. The minimum atomic E-state index is -1.01. The highest BCUT2D eigenvalue weighted by Gasteiger charge is 2.16. The Morgan fingerprint density at radius 2 is 1.88 bits per heavy atom. The van der Waals surface area contributed by atoms with Gasteiger partial charge in [0.15, 0.2) is 5.69 Å². The lowest BCUT2D eigenvalue weighted by Crippen LogP contribution is -2.32. The third kappa shape index (κ3) is 4.79. The second-order valence-electron chi connectivity index (χ2n) is 6.79. The van der Waals surface area contributed by atoms with Crippen LogP contribution >= 0.6 is 0 Å². The Kier molecular flexibility index (Phi) is 5.66. The lowest BCUT2D eigenvalue weighted by atomic mass is 9.98. The summed E-state index contributed by atoms with van der Waals surface area (Å²) in [4.78, 5) is 17.7. The highest BCUT2D eigenvalue weighted by Crippen LogP contribution is 2.20. The van der Waals surface area contributed by atoms with E-state index < -0.39 is 5.97 Å². The summed E-state index contributed by atoms with van der Waals surface area (Å²) in [5.74, 6) is 0.408. The van der Waals surface area contributed by atoms with Crippen molar-refractivity contribution in [1.82, 2.24) is 9.88 Å². The number of anilines is 1. The second kappa shape index (κ2) is 8.12. The van der Waals surface area contributed by atoms with Crippen molar-refractivity contribution in [3.05, 3.63) is 59.3 Å². The first-order valence-corrected chi connectivity index (χ1v) is 8.85. The van der Waals surface area contributed by atoms with Gasteiger partial charge in [0.1, 0.15) is 5.82 Å². The molecule has 0 bridgehead atoms. The van der Waals surface area contributed by atoms with Crippen molar-refractivity contribution in [3.63, 3.8) is 0 Å². The van der Waals surface area contributed by atoms with E-state index >= 15 is 0 Å². The first-order chi connectivity index (χ1) is 12.1. The van der Waals surface area contributed by atoms with Crippen LogP contribution in [0.2, 0.25) is 0 Å². The minimum absolute atomic E-state index is 0.0562. The Hall–Kier alpha value is -2.40. The molecule has 5 heteroatoms. The number of aromatic nitrogens is 1. The predicted octanol–water partition coefficient (Wildman–Crippen LogP) is 3.62. The first-order valence-electron chi connectivity index (χ1n) is 8.85. The summed E-state index contributed by atoms with van der Waals surface area (Å²) in [7, 11) is 0. The van der Waals surface area contributed by atoms with Crippen molar-refractivity contribution in [2.75, 3.05) is 18.4 Å². The van der Waals surface area contributed by atoms with Crippen molar-refractivity contribution in [1.29, 1.82) is 0 Å². The Balaban J connectivity index is 1.65. The molecule has 0 aliphatic carbocycles. The fourth-order valence-electron chi connectivity index (χ4n) is 3.18. The van der Waals surface area contributed by atoms with Gasteiger partial charge in [0.2, 0.25) is 0 Å². The number of rotatable bonds is 6. The molecule has 1 aromatic carbocycles. The normalized spacial score (nSPS) is 15.9. The number of piperidine rings is 1. The van der Waals surface area contributed by atoms with Gasteiger partial charge in [0, 0.05) is 13.1 Å². The first kappa shape index (κ1) is 17.4. The molecule has 1 fully saturated rings.